The second kappa shape index (κ2) is 6.80. The molecule has 0 bridgehead atoms. The summed E-state index contributed by atoms with van der Waals surface area (Å²) >= 11 is 0. The number of carboxylic acid groups (broad SMARTS) is 1. The van der Waals surface area contributed by atoms with E-state index in [4.69, 9.17) is 15.4 Å². The van der Waals surface area contributed by atoms with Crippen molar-refractivity contribution in [2.75, 3.05) is 12.3 Å². The van der Waals surface area contributed by atoms with Gasteiger partial charge < -0.3 is 15.4 Å². The molecular weight excluding hydrogens is 322 g/mol. The summed E-state index contributed by atoms with van der Waals surface area (Å²) in [7, 11) is -4.02. The zero-order valence-electron chi connectivity index (χ0n) is 12.5. The first-order valence-electron chi connectivity index (χ1n) is 6.80. The van der Waals surface area contributed by atoms with Crippen LogP contribution < -0.4 is 5.73 Å². The first-order valence-corrected chi connectivity index (χ1v) is 8.24. The fourth-order valence-electron chi connectivity index (χ4n) is 2.12. The lowest BCUT2D eigenvalue weighted by molar-refractivity contribution is -0.137. The van der Waals surface area contributed by atoms with E-state index in [1.165, 1.54) is 6.92 Å². The van der Waals surface area contributed by atoms with Crippen LogP contribution in [0.5, 0.6) is 0 Å². The van der Waals surface area contributed by atoms with E-state index >= 15 is 0 Å². The normalized spacial score (nSPS) is 11.7. The number of nitrogens with two attached hydrogens (primary N) is 1. The van der Waals surface area contributed by atoms with Gasteiger partial charge in [-0.25, -0.2) is 8.42 Å². The topological polar surface area (TPSA) is 127 Å². The minimum Gasteiger partial charge on any atom is -0.481 e. The number of aromatic nitrogens is 1. The molecule has 23 heavy (non-hydrogen) atoms. The van der Waals surface area contributed by atoms with Gasteiger partial charge in [0.15, 0.2) is 16.5 Å². The summed E-state index contributed by atoms with van der Waals surface area (Å²) in [5.74, 6) is -1.26. The van der Waals surface area contributed by atoms with Crippen molar-refractivity contribution in [3.05, 3.63) is 41.7 Å². The zero-order valence-corrected chi connectivity index (χ0v) is 13.3. The molecule has 124 valence electrons. The molecule has 9 heteroatoms. The van der Waals surface area contributed by atoms with Crippen molar-refractivity contribution in [2.24, 2.45) is 0 Å². The van der Waals surface area contributed by atoms with Crippen LogP contribution in [0.1, 0.15) is 17.7 Å². The highest BCUT2D eigenvalue weighted by Gasteiger charge is 2.32. The van der Waals surface area contributed by atoms with Gasteiger partial charge >= 0.3 is 5.97 Å². The Morgan fingerprint density at radius 2 is 2.00 bits per heavy atom. The van der Waals surface area contributed by atoms with Crippen LogP contribution in [-0.2, 0) is 21.4 Å². The predicted octanol–water partition coefficient (Wildman–Crippen LogP) is 1.23. The maximum absolute atomic E-state index is 12.8. The maximum Gasteiger partial charge on any atom is 0.304 e. The molecule has 0 aliphatic heterocycles. The minimum absolute atomic E-state index is 0.0283. The molecule has 3 N–H and O–H groups in total. The van der Waals surface area contributed by atoms with Crippen molar-refractivity contribution in [3.63, 3.8) is 0 Å². The van der Waals surface area contributed by atoms with E-state index < -0.39 is 16.0 Å². The molecule has 0 fully saturated rings. The first-order chi connectivity index (χ1) is 10.8. The van der Waals surface area contributed by atoms with Crippen LogP contribution in [0, 0.1) is 6.92 Å². The third-order valence-corrected chi connectivity index (χ3v) is 5.21. The van der Waals surface area contributed by atoms with Crippen LogP contribution in [0.2, 0.25) is 0 Å². The number of carbonyl (C=O) groups is 1. The summed E-state index contributed by atoms with van der Waals surface area (Å²) in [6.45, 7) is 1.28. The number of anilines is 1. The molecule has 0 amide bonds. The van der Waals surface area contributed by atoms with Crippen LogP contribution in [0.3, 0.4) is 0 Å². The highest BCUT2D eigenvalue weighted by atomic mass is 32.2. The molecule has 1 aromatic carbocycles. The fourth-order valence-corrected chi connectivity index (χ4v) is 3.73. The highest BCUT2D eigenvalue weighted by molar-refractivity contribution is 7.89. The van der Waals surface area contributed by atoms with Gasteiger partial charge in [0.2, 0.25) is 0 Å². The van der Waals surface area contributed by atoms with Gasteiger partial charge in [-0.2, -0.15) is 4.31 Å². The molecule has 1 heterocycles. The van der Waals surface area contributed by atoms with Crippen LogP contribution in [0.4, 0.5) is 5.82 Å². The Morgan fingerprint density at radius 1 is 1.35 bits per heavy atom. The molecular formula is C14H17N3O5S. The number of hydrogen-bond donors (Lipinski definition) is 2. The standard InChI is InChI=1S/C14H17N3O5S/c1-10-13(14(15)16-22-10)23(20,21)17(8-7-12(18)19)9-11-5-3-2-4-6-11/h2-6H,7-9H2,1H3,(H2,15,16)(H,18,19). The van der Waals surface area contributed by atoms with E-state index in [-0.39, 0.29) is 36.0 Å². The zero-order chi connectivity index (χ0) is 17.0. The molecule has 0 saturated carbocycles. The average Bonchev–Trinajstić information content (AvgIpc) is 2.83. The van der Waals surface area contributed by atoms with Gasteiger partial charge in [0.05, 0.1) is 6.42 Å². The molecule has 0 saturated heterocycles. The van der Waals surface area contributed by atoms with Gasteiger partial charge in [0.1, 0.15) is 0 Å². The summed E-state index contributed by atoms with van der Waals surface area (Å²) in [5, 5.41) is 12.3. The van der Waals surface area contributed by atoms with Crippen molar-refractivity contribution in [3.8, 4) is 0 Å². The lowest BCUT2D eigenvalue weighted by Gasteiger charge is -2.21. The lowest BCUT2D eigenvalue weighted by atomic mass is 10.2. The third kappa shape index (κ3) is 3.88. The summed E-state index contributed by atoms with van der Waals surface area (Å²) in [5.41, 5.74) is 6.32. The summed E-state index contributed by atoms with van der Waals surface area (Å²) in [6.07, 6.45) is -0.323. The number of hydrogen-bond acceptors (Lipinski definition) is 6. The van der Waals surface area contributed by atoms with Gasteiger partial charge in [-0.3, -0.25) is 4.79 Å². The SMILES string of the molecule is Cc1onc(N)c1S(=O)(=O)N(CCC(=O)O)Cc1ccccc1. The third-order valence-electron chi connectivity index (χ3n) is 3.21. The van der Waals surface area contributed by atoms with Gasteiger partial charge in [-0.1, -0.05) is 35.5 Å². The predicted molar refractivity (Wildman–Crippen MR) is 81.9 cm³/mol. The van der Waals surface area contributed by atoms with E-state index in [1.54, 1.807) is 24.3 Å². The Bertz CT molecular complexity index is 766. The Morgan fingerprint density at radius 3 is 2.52 bits per heavy atom. The smallest absolute Gasteiger partial charge is 0.304 e. The molecule has 2 aromatic rings. The summed E-state index contributed by atoms with van der Waals surface area (Å²) in [6, 6.07) is 8.87. The van der Waals surface area contributed by atoms with E-state index in [9.17, 15) is 13.2 Å². The molecule has 2 rings (SSSR count). The number of aliphatic carboxylic acids is 1. The van der Waals surface area contributed by atoms with E-state index in [0.29, 0.717) is 0 Å². The van der Waals surface area contributed by atoms with Crippen molar-refractivity contribution in [2.45, 2.75) is 24.8 Å². The number of nitrogen functional groups attached to an aromatic ring is 1. The number of sulfonamides is 1. The van der Waals surface area contributed by atoms with Crippen molar-refractivity contribution in [1.82, 2.24) is 9.46 Å². The summed E-state index contributed by atoms with van der Waals surface area (Å²) < 4.78 is 31.5. The molecule has 0 aliphatic rings. The Labute approximate surface area is 133 Å². The van der Waals surface area contributed by atoms with E-state index in [1.807, 2.05) is 6.07 Å². The second-order valence-corrected chi connectivity index (χ2v) is 6.80. The van der Waals surface area contributed by atoms with Crippen molar-refractivity contribution >= 4 is 21.8 Å². The number of rotatable bonds is 7. The molecule has 0 aliphatic carbocycles. The molecule has 0 unspecified atom stereocenters. The maximum atomic E-state index is 12.8. The second-order valence-electron chi connectivity index (χ2n) is 4.92. The van der Waals surface area contributed by atoms with Crippen LogP contribution >= 0.6 is 0 Å². The monoisotopic (exact) mass is 339 g/mol. The Kier molecular flexibility index (Phi) is 5.02. The van der Waals surface area contributed by atoms with Gasteiger partial charge in [-0.05, 0) is 12.5 Å². The molecule has 0 atom stereocenters. The van der Waals surface area contributed by atoms with Crippen molar-refractivity contribution in [1.29, 1.82) is 0 Å². The largest absolute Gasteiger partial charge is 0.481 e. The Hall–Kier alpha value is -2.39. The lowest BCUT2D eigenvalue weighted by Crippen LogP contribution is -2.33. The molecule has 0 spiro atoms. The quantitative estimate of drug-likeness (QED) is 0.776. The highest BCUT2D eigenvalue weighted by Crippen LogP contribution is 2.26. The first kappa shape index (κ1) is 17.0. The van der Waals surface area contributed by atoms with Gasteiger partial charge in [0, 0.05) is 13.1 Å². The van der Waals surface area contributed by atoms with Crippen LogP contribution in [-0.4, -0.2) is 35.5 Å². The fraction of sp³-hybridized carbons (Fsp3) is 0.286. The number of aryl methyl sites for hydroxylation is 1. The molecule has 1 aromatic heterocycles. The summed E-state index contributed by atoms with van der Waals surface area (Å²) in [4.78, 5) is 10.6. The van der Waals surface area contributed by atoms with Crippen molar-refractivity contribution < 1.29 is 22.8 Å². The number of benzene rings is 1. The Balaban J connectivity index is 2.37. The average molecular weight is 339 g/mol. The van der Waals surface area contributed by atoms with Gasteiger partial charge in [0.25, 0.3) is 10.0 Å². The van der Waals surface area contributed by atoms with Crippen LogP contribution in [0.25, 0.3) is 0 Å². The van der Waals surface area contributed by atoms with E-state index in [0.717, 1.165) is 9.87 Å². The van der Waals surface area contributed by atoms with Crippen LogP contribution in [0.15, 0.2) is 39.8 Å². The minimum atomic E-state index is -4.02. The number of carboxylic acids is 1. The molecule has 0 radical (unpaired) electrons. The van der Waals surface area contributed by atoms with Gasteiger partial charge in [-0.15, -0.1) is 0 Å². The number of nitrogens with zero attached hydrogens (tertiary/aromatic N) is 2. The molecule has 8 nitrogen and oxygen atoms in total. The van der Waals surface area contributed by atoms with E-state index in [2.05, 4.69) is 5.16 Å².